The Kier molecular flexibility index (Phi) is 4.67. The first-order valence-electron chi connectivity index (χ1n) is 7.30. The van der Waals surface area contributed by atoms with Crippen LogP contribution in [0.25, 0.3) is 11.3 Å². The highest BCUT2D eigenvalue weighted by molar-refractivity contribution is 9.10. The van der Waals surface area contributed by atoms with Crippen LogP contribution in [0, 0.1) is 18.3 Å². The van der Waals surface area contributed by atoms with Gasteiger partial charge in [-0.05, 0) is 39.4 Å². The number of aromatic nitrogens is 2. The van der Waals surface area contributed by atoms with Crippen molar-refractivity contribution in [1.29, 1.82) is 5.26 Å². The zero-order valence-corrected chi connectivity index (χ0v) is 15.6. The van der Waals surface area contributed by atoms with Crippen LogP contribution in [0.15, 0.2) is 28.7 Å². The van der Waals surface area contributed by atoms with E-state index in [2.05, 4.69) is 47.9 Å². The van der Waals surface area contributed by atoms with Gasteiger partial charge in [0.25, 0.3) is 0 Å². The molecule has 0 aliphatic heterocycles. The van der Waals surface area contributed by atoms with E-state index in [0.29, 0.717) is 15.7 Å². The van der Waals surface area contributed by atoms with E-state index in [1.54, 1.807) is 11.7 Å². The summed E-state index contributed by atoms with van der Waals surface area (Å²) in [6.45, 7) is 8.24. The maximum absolute atomic E-state index is 10.6. The first kappa shape index (κ1) is 17.3. The van der Waals surface area contributed by atoms with Gasteiger partial charge >= 0.3 is 0 Å². The van der Waals surface area contributed by atoms with Crippen molar-refractivity contribution in [3.8, 4) is 6.07 Å². The van der Waals surface area contributed by atoms with Crippen molar-refractivity contribution in [2.24, 2.45) is 7.05 Å². The number of halogens is 1. The average Bonchev–Trinajstić information content (AvgIpc) is 2.72. The van der Waals surface area contributed by atoms with Gasteiger partial charge in [0.2, 0.25) is 0 Å². The van der Waals surface area contributed by atoms with Gasteiger partial charge in [-0.2, -0.15) is 10.4 Å². The number of aliphatic hydroxyl groups excluding tert-OH is 1. The maximum Gasteiger partial charge on any atom is 0.160 e. The lowest BCUT2D eigenvalue weighted by Crippen LogP contribution is -2.10. The van der Waals surface area contributed by atoms with Gasteiger partial charge in [-0.25, -0.2) is 0 Å². The summed E-state index contributed by atoms with van der Waals surface area (Å²) in [7, 11) is 1.74. The number of benzene rings is 1. The predicted octanol–water partition coefficient (Wildman–Crippen LogP) is 4.74. The minimum atomic E-state index is -0.0778. The zero-order chi connectivity index (χ0) is 17.4. The highest BCUT2D eigenvalue weighted by Gasteiger charge is 2.20. The van der Waals surface area contributed by atoms with Crippen molar-refractivity contribution in [3.05, 3.63) is 51.3 Å². The lowest BCUT2D eigenvalue weighted by Gasteiger charge is -2.19. The number of rotatable bonds is 2. The third kappa shape index (κ3) is 3.32. The number of hydrogen-bond donors (Lipinski definition) is 1. The third-order valence-electron chi connectivity index (χ3n) is 3.76. The first-order chi connectivity index (χ1) is 10.7. The maximum atomic E-state index is 10.6. The van der Waals surface area contributed by atoms with E-state index in [1.807, 2.05) is 31.2 Å². The Morgan fingerprint density at radius 1 is 1.26 bits per heavy atom. The molecule has 0 saturated heterocycles. The summed E-state index contributed by atoms with van der Waals surface area (Å²) in [6.07, 6.45) is 0. The molecule has 1 aromatic heterocycles. The summed E-state index contributed by atoms with van der Waals surface area (Å²) in [6, 6.07) is 9.82. The van der Waals surface area contributed by atoms with Gasteiger partial charge in [0, 0.05) is 7.05 Å². The minimum Gasteiger partial charge on any atom is -0.504 e. The molecule has 0 amide bonds. The quantitative estimate of drug-likeness (QED) is 0.610. The SMILES string of the molecule is Cc1nn(C)c(C(O)=C(C#N)c2ccc(C(C)(C)C)cc2)c1Br. The van der Waals surface area contributed by atoms with E-state index in [4.69, 9.17) is 0 Å². The van der Waals surface area contributed by atoms with Crippen LogP contribution in [0.3, 0.4) is 0 Å². The minimum absolute atomic E-state index is 0.0409. The molecule has 0 fully saturated rings. The summed E-state index contributed by atoms with van der Waals surface area (Å²) in [5, 5.41) is 24.4. The largest absolute Gasteiger partial charge is 0.504 e. The van der Waals surface area contributed by atoms with Gasteiger partial charge in [-0.3, -0.25) is 4.68 Å². The predicted molar refractivity (Wildman–Crippen MR) is 95.8 cm³/mol. The molecule has 0 spiro atoms. The molecule has 0 saturated carbocycles. The topological polar surface area (TPSA) is 61.8 Å². The Bertz CT molecular complexity index is 803. The van der Waals surface area contributed by atoms with E-state index >= 15 is 0 Å². The second-order valence-corrected chi connectivity index (χ2v) is 7.33. The number of nitrogens with zero attached hydrogens (tertiary/aromatic N) is 3. The second kappa shape index (κ2) is 6.21. The number of allylic oxidation sites excluding steroid dienone is 1. The highest BCUT2D eigenvalue weighted by atomic mass is 79.9. The fourth-order valence-electron chi connectivity index (χ4n) is 2.40. The van der Waals surface area contributed by atoms with Crippen LogP contribution in [0.4, 0.5) is 0 Å². The van der Waals surface area contributed by atoms with Crippen LogP contribution in [0.5, 0.6) is 0 Å². The van der Waals surface area contributed by atoms with Gasteiger partial charge in [0.1, 0.15) is 17.3 Å². The monoisotopic (exact) mass is 373 g/mol. The van der Waals surface area contributed by atoms with Gasteiger partial charge in [-0.1, -0.05) is 45.0 Å². The number of nitriles is 1. The van der Waals surface area contributed by atoms with E-state index in [-0.39, 0.29) is 16.7 Å². The van der Waals surface area contributed by atoms with Gasteiger partial charge < -0.3 is 5.11 Å². The van der Waals surface area contributed by atoms with Gasteiger partial charge in [-0.15, -0.1) is 0 Å². The van der Waals surface area contributed by atoms with Gasteiger partial charge in [0.15, 0.2) is 5.76 Å². The van der Waals surface area contributed by atoms with Gasteiger partial charge in [0.05, 0.1) is 10.2 Å². The molecule has 23 heavy (non-hydrogen) atoms. The smallest absolute Gasteiger partial charge is 0.160 e. The Morgan fingerprint density at radius 3 is 2.22 bits per heavy atom. The standard InChI is InChI=1S/C18H20BrN3O/c1-11-15(19)16(22(5)21-11)17(23)14(10-20)12-6-8-13(9-7-12)18(2,3)4/h6-9,23H,1-5H3. The summed E-state index contributed by atoms with van der Waals surface area (Å²) in [5.74, 6) is -0.0778. The molecular formula is C18H20BrN3O. The molecule has 0 radical (unpaired) electrons. The average molecular weight is 374 g/mol. The van der Waals surface area contributed by atoms with Crippen molar-refractivity contribution in [3.63, 3.8) is 0 Å². The van der Waals surface area contributed by atoms with E-state index in [9.17, 15) is 10.4 Å². The Labute approximate surface area is 145 Å². The lowest BCUT2D eigenvalue weighted by atomic mass is 9.86. The summed E-state index contributed by atoms with van der Waals surface area (Å²) >= 11 is 3.42. The fourth-order valence-corrected chi connectivity index (χ4v) is 2.92. The first-order valence-corrected chi connectivity index (χ1v) is 8.09. The molecule has 120 valence electrons. The molecule has 0 atom stereocenters. The normalized spacial score (nSPS) is 12.7. The molecule has 1 heterocycles. The van der Waals surface area contributed by atoms with Crippen LogP contribution in [-0.4, -0.2) is 14.9 Å². The summed E-state index contributed by atoms with van der Waals surface area (Å²) < 4.78 is 2.26. The molecular weight excluding hydrogens is 354 g/mol. The number of aryl methyl sites for hydroxylation is 2. The highest BCUT2D eigenvalue weighted by Crippen LogP contribution is 2.31. The molecule has 1 N–H and O–H groups in total. The molecule has 0 unspecified atom stereocenters. The van der Waals surface area contributed by atoms with Crippen LogP contribution in [-0.2, 0) is 12.5 Å². The summed E-state index contributed by atoms with van der Waals surface area (Å²) in [5.41, 5.74) is 3.39. The molecule has 0 aliphatic carbocycles. The van der Waals surface area contributed by atoms with E-state index in [1.165, 1.54) is 5.56 Å². The van der Waals surface area contributed by atoms with Crippen LogP contribution in [0.1, 0.15) is 43.3 Å². The number of aliphatic hydroxyl groups is 1. The van der Waals surface area contributed by atoms with Crippen molar-refractivity contribution >= 4 is 27.3 Å². The molecule has 1 aromatic carbocycles. The van der Waals surface area contributed by atoms with Crippen molar-refractivity contribution in [2.75, 3.05) is 0 Å². The molecule has 0 bridgehead atoms. The molecule has 5 heteroatoms. The summed E-state index contributed by atoms with van der Waals surface area (Å²) in [4.78, 5) is 0. The van der Waals surface area contributed by atoms with Crippen LogP contribution >= 0.6 is 15.9 Å². The molecule has 4 nitrogen and oxygen atoms in total. The Balaban J connectivity index is 2.57. The van der Waals surface area contributed by atoms with Crippen molar-refractivity contribution in [2.45, 2.75) is 33.1 Å². The van der Waals surface area contributed by atoms with E-state index < -0.39 is 0 Å². The fraction of sp³-hybridized carbons (Fsp3) is 0.333. The third-order valence-corrected chi connectivity index (χ3v) is 4.71. The van der Waals surface area contributed by atoms with Crippen LogP contribution < -0.4 is 0 Å². The Hall–Kier alpha value is -2.06. The van der Waals surface area contributed by atoms with Crippen molar-refractivity contribution < 1.29 is 5.11 Å². The lowest BCUT2D eigenvalue weighted by molar-refractivity contribution is 0.503. The molecule has 0 aliphatic rings. The molecule has 2 aromatic rings. The van der Waals surface area contributed by atoms with E-state index in [0.717, 1.165) is 5.69 Å². The second-order valence-electron chi connectivity index (χ2n) is 6.53. The van der Waals surface area contributed by atoms with Crippen LogP contribution in [0.2, 0.25) is 0 Å². The molecule has 2 rings (SSSR count). The van der Waals surface area contributed by atoms with Crippen molar-refractivity contribution in [1.82, 2.24) is 9.78 Å². The number of hydrogen-bond acceptors (Lipinski definition) is 3. The zero-order valence-electron chi connectivity index (χ0n) is 14.0. The Morgan fingerprint density at radius 2 is 1.83 bits per heavy atom.